The number of nitrogens with zero attached hydrogens (tertiary/aromatic N) is 2. The molecule has 3 rings (SSSR count). The van der Waals surface area contributed by atoms with Crippen molar-refractivity contribution in [1.82, 2.24) is 4.90 Å². The predicted molar refractivity (Wildman–Crippen MR) is 95.8 cm³/mol. The number of para-hydroxylation sites is 1. The number of rotatable bonds is 5. The second-order valence-electron chi connectivity index (χ2n) is 7.51. The van der Waals surface area contributed by atoms with Crippen molar-refractivity contribution < 1.29 is 0 Å². The Hall–Kier alpha value is -1.02. The minimum atomic E-state index is 0.446. The first-order chi connectivity index (χ1) is 10.7. The molecule has 1 aromatic carbocycles. The van der Waals surface area contributed by atoms with E-state index in [1.165, 1.54) is 63.7 Å². The van der Waals surface area contributed by atoms with Crippen LogP contribution in [0.2, 0.25) is 0 Å². The lowest BCUT2D eigenvalue weighted by Gasteiger charge is -2.42. The molecule has 122 valence electrons. The van der Waals surface area contributed by atoms with Crippen LogP contribution in [0.1, 0.15) is 57.4 Å². The molecule has 1 aliphatic carbocycles. The van der Waals surface area contributed by atoms with Gasteiger partial charge >= 0.3 is 0 Å². The molecular weight excluding hydrogens is 268 g/mol. The quantitative estimate of drug-likeness (QED) is 0.793. The van der Waals surface area contributed by atoms with Crippen molar-refractivity contribution in [2.75, 3.05) is 32.1 Å². The number of fused-ring (bicyclic) bond motifs is 2. The molecule has 0 bridgehead atoms. The molecular formula is C20H32N2. The third-order valence-corrected chi connectivity index (χ3v) is 5.90. The molecule has 1 aromatic rings. The second kappa shape index (κ2) is 6.62. The van der Waals surface area contributed by atoms with Gasteiger partial charge in [-0.3, -0.25) is 0 Å². The molecule has 2 heteroatoms. The Bertz CT molecular complexity index is 488. The molecule has 1 unspecified atom stereocenters. The largest absolute Gasteiger partial charge is 0.367 e. The normalized spacial score (nSPS) is 23.3. The first kappa shape index (κ1) is 15.9. The van der Waals surface area contributed by atoms with Gasteiger partial charge in [-0.25, -0.2) is 0 Å². The highest BCUT2D eigenvalue weighted by Gasteiger charge is 2.49. The van der Waals surface area contributed by atoms with Gasteiger partial charge in [-0.1, -0.05) is 44.4 Å². The van der Waals surface area contributed by atoms with Gasteiger partial charge in [0.25, 0.3) is 0 Å². The molecule has 0 N–H and O–H groups in total. The van der Waals surface area contributed by atoms with E-state index in [0.717, 1.165) is 0 Å². The van der Waals surface area contributed by atoms with E-state index in [-0.39, 0.29) is 0 Å². The molecule has 1 atom stereocenters. The van der Waals surface area contributed by atoms with E-state index in [9.17, 15) is 0 Å². The van der Waals surface area contributed by atoms with Gasteiger partial charge in [0.05, 0.1) is 0 Å². The maximum atomic E-state index is 2.75. The molecule has 0 saturated heterocycles. The van der Waals surface area contributed by atoms with E-state index < -0.39 is 0 Å². The number of hydrogen-bond acceptors (Lipinski definition) is 2. The van der Waals surface area contributed by atoms with Crippen LogP contribution in [0.3, 0.4) is 0 Å². The zero-order valence-electron chi connectivity index (χ0n) is 14.6. The number of hydrogen-bond donors (Lipinski definition) is 0. The maximum Gasteiger partial charge on any atom is 0.0408 e. The summed E-state index contributed by atoms with van der Waals surface area (Å²) < 4.78 is 0. The first-order valence-electron chi connectivity index (χ1n) is 9.20. The van der Waals surface area contributed by atoms with Crippen LogP contribution in [0, 0.1) is 0 Å². The van der Waals surface area contributed by atoms with Gasteiger partial charge in [0.2, 0.25) is 0 Å². The lowest BCUT2D eigenvalue weighted by atomic mass is 9.66. The summed E-state index contributed by atoms with van der Waals surface area (Å²) in [7, 11) is 4.36. The summed E-state index contributed by atoms with van der Waals surface area (Å²) in [6, 6.07) is 10.00. The van der Waals surface area contributed by atoms with Crippen LogP contribution < -0.4 is 4.90 Å². The molecule has 2 nitrogen and oxygen atoms in total. The monoisotopic (exact) mass is 300 g/mol. The zero-order chi connectivity index (χ0) is 15.6. The molecule has 1 heterocycles. The Balaban J connectivity index is 1.89. The summed E-state index contributed by atoms with van der Waals surface area (Å²) in [5.41, 5.74) is 3.64. The summed E-state index contributed by atoms with van der Waals surface area (Å²) in [6.07, 6.45) is 9.58. The molecule has 22 heavy (non-hydrogen) atoms. The van der Waals surface area contributed by atoms with Crippen molar-refractivity contribution in [3.63, 3.8) is 0 Å². The van der Waals surface area contributed by atoms with Crippen LogP contribution in [-0.2, 0) is 5.41 Å². The summed E-state index contributed by atoms with van der Waals surface area (Å²) >= 11 is 0. The molecule has 0 aromatic heterocycles. The van der Waals surface area contributed by atoms with Crippen molar-refractivity contribution in [3.05, 3.63) is 29.8 Å². The maximum absolute atomic E-state index is 2.75. The minimum absolute atomic E-state index is 0.446. The van der Waals surface area contributed by atoms with E-state index in [1.54, 1.807) is 5.56 Å². The van der Waals surface area contributed by atoms with Crippen LogP contribution in [0.5, 0.6) is 0 Å². The third kappa shape index (κ3) is 2.67. The predicted octanol–water partition coefficient (Wildman–Crippen LogP) is 4.44. The average Bonchev–Trinajstić information content (AvgIpc) is 2.78. The molecule has 1 fully saturated rings. The van der Waals surface area contributed by atoms with Crippen molar-refractivity contribution >= 4 is 5.69 Å². The van der Waals surface area contributed by atoms with E-state index in [4.69, 9.17) is 0 Å². The number of anilines is 1. The van der Waals surface area contributed by atoms with E-state index in [1.807, 2.05) is 0 Å². The topological polar surface area (TPSA) is 6.48 Å². The smallest absolute Gasteiger partial charge is 0.0408 e. The summed E-state index contributed by atoms with van der Waals surface area (Å²) in [4.78, 5) is 5.06. The van der Waals surface area contributed by atoms with Gasteiger partial charge < -0.3 is 9.80 Å². The Morgan fingerprint density at radius 1 is 1.14 bits per heavy atom. The molecule has 0 amide bonds. The van der Waals surface area contributed by atoms with Crippen molar-refractivity contribution in [3.8, 4) is 0 Å². The number of benzene rings is 1. The third-order valence-electron chi connectivity index (χ3n) is 5.90. The molecule has 0 radical (unpaired) electrons. The summed E-state index contributed by atoms with van der Waals surface area (Å²) in [6.45, 7) is 4.78. The van der Waals surface area contributed by atoms with Gasteiger partial charge in [0.1, 0.15) is 0 Å². The van der Waals surface area contributed by atoms with E-state index >= 15 is 0 Å². The van der Waals surface area contributed by atoms with E-state index in [0.29, 0.717) is 11.5 Å². The fourth-order valence-corrected chi connectivity index (χ4v) is 5.02. The highest BCUT2D eigenvalue weighted by atomic mass is 15.2. The van der Waals surface area contributed by atoms with Gasteiger partial charge in [0.15, 0.2) is 0 Å². The molecule has 1 aliphatic heterocycles. The lowest BCUT2D eigenvalue weighted by Crippen LogP contribution is -2.46. The van der Waals surface area contributed by atoms with Crippen LogP contribution >= 0.6 is 0 Å². The SMILES string of the molecule is CCC1N(CCCN(C)C)c2ccccc2C12CCCCC2. The van der Waals surface area contributed by atoms with Crippen molar-refractivity contribution in [2.45, 2.75) is 63.3 Å². The van der Waals surface area contributed by atoms with Gasteiger partial charge in [-0.05, 0) is 58.0 Å². The Labute approximate surface area is 136 Å². The molecule has 1 spiro atoms. The Morgan fingerprint density at radius 3 is 2.55 bits per heavy atom. The van der Waals surface area contributed by atoms with Gasteiger partial charge in [-0.15, -0.1) is 0 Å². The lowest BCUT2D eigenvalue weighted by molar-refractivity contribution is 0.246. The fraction of sp³-hybridized carbons (Fsp3) is 0.700. The fourth-order valence-electron chi connectivity index (χ4n) is 5.02. The second-order valence-corrected chi connectivity index (χ2v) is 7.51. The molecule has 2 aliphatic rings. The molecule has 1 saturated carbocycles. The highest BCUT2D eigenvalue weighted by molar-refractivity contribution is 5.64. The standard InChI is InChI=1S/C20H32N2/c1-4-19-20(13-8-5-9-14-20)17-11-6-7-12-18(17)22(19)16-10-15-21(2)3/h6-7,11-12,19H,4-5,8-10,13-16H2,1-3H3. The first-order valence-corrected chi connectivity index (χ1v) is 9.20. The van der Waals surface area contributed by atoms with Crippen LogP contribution in [-0.4, -0.2) is 38.1 Å². The summed E-state index contributed by atoms with van der Waals surface area (Å²) in [5.74, 6) is 0. The van der Waals surface area contributed by atoms with Gasteiger partial charge in [0, 0.05) is 23.7 Å². The minimum Gasteiger partial charge on any atom is -0.367 e. The van der Waals surface area contributed by atoms with Crippen molar-refractivity contribution in [2.24, 2.45) is 0 Å². The van der Waals surface area contributed by atoms with Gasteiger partial charge in [-0.2, -0.15) is 0 Å². The average molecular weight is 300 g/mol. The van der Waals surface area contributed by atoms with Crippen LogP contribution in [0.15, 0.2) is 24.3 Å². The van der Waals surface area contributed by atoms with E-state index in [2.05, 4.69) is 55.1 Å². The highest BCUT2D eigenvalue weighted by Crippen LogP contribution is 2.53. The zero-order valence-corrected chi connectivity index (χ0v) is 14.6. The summed E-state index contributed by atoms with van der Waals surface area (Å²) in [5, 5.41) is 0. The Kier molecular flexibility index (Phi) is 4.77. The van der Waals surface area contributed by atoms with Crippen molar-refractivity contribution in [1.29, 1.82) is 0 Å². The Morgan fingerprint density at radius 2 is 1.86 bits per heavy atom. The van der Waals surface area contributed by atoms with Crippen LogP contribution in [0.25, 0.3) is 0 Å². The van der Waals surface area contributed by atoms with Crippen LogP contribution in [0.4, 0.5) is 5.69 Å².